The highest BCUT2D eigenvalue weighted by molar-refractivity contribution is 6.42. The molecule has 0 spiro atoms. The van der Waals surface area contributed by atoms with Crippen LogP contribution in [-0.4, -0.2) is 45.1 Å². The van der Waals surface area contributed by atoms with Gasteiger partial charge in [0.2, 0.25) is 17.6 Å². The number of carbonyl (C=O) groups excluding carboxylic acids is 1. The van der Waals surface area contributed by atoms with Crippen molar-refractivity contribution in [2.24, 2.45) is 0 Å². The fourth-order valence-corrected chi connectivity index (χ4v) is 4.13. The summed E-state index contributed by atoms with van der Waals surface area (Å²) in [5.41, 5.74) is 2.01. The second-order valence-corrected chi connectivity index (χ2v) is 8.78. The number of aromatic nitrogens is 3. The van der Waals surface area contributed by atoms with Gasteiger partial charge in [0, 0.05) is 56.5 Å². The van der Waals surface area contributed by atoms with Crippen LogP contribution in [0.5, 0.6) is 0 Å². The first-order valence-electron chi connectivity index (χ1n) is 10.8. The number of piperidine rings is 1. The van der Waals surface area contributed by atoms with Gasteiger partial charge in [-0.2, -0.15) is 4.98 Å². The standard InChI is InChI=1S/C23H25Cl2N5O2/c24-19-5-4-16(14-20(19)25)15-30-12-8-18(9-13-30)27-21(31)2-1-3-22-28-23(29-32-22)17-6-10-26-11-7-17/h4-7,10-11,14,18H,1-3,8-9,12-13,15H2,(H,27,31). The molecule has 1 fully saturated rings. The van der Waals surface area contributed by atoms with Crippen molar-refractivity contribution < 1.29 is 9.32 Å². The van der Waals surface area contributed by atoms with Gasteiger partial charge in [0.15, 0.2) is 0 Å². The quantitative estimate of drug-likeness (QED) is 0.516. The Labute approximate surface area is 197 Å². The zero-order valence-electron chi connectivity index (χ0n) is 17.6. The van der Waals surface area contributed by atoms with E-state index < -0.39 is 0 Å². The molecule has 168 valence electrons. The normalized spacial score (nSPS) is 15.1. The largest absolute Gasteiger partial charge is 0.353 e. The molecule has 0 saturated carbocycles. The van der Waals surface area contributed by atoms with E-state index in [1.165, 1.54) is 0 Å². The summed E-state index contributed by atoms with van der Waals surface area (Å²) in [6, 6.07) is 9.64. The van der Waals surface area contributed by atoms with Crippen molar-refractivity contribution in [3.63, 3.8) is 0 Å². The summed E-state index contributed by atoms with van der Waals surface area (Å²) in [5, 5.41) is 8.31. The molecule has 2 aromatic heterocycles. The number of halogens is 2. The molecule has 1 aliphatic rings. The summed E-state index contributed by atoms with van der Waals surface area (Å²) in [7, 11) is 0. The fourth-order valence-electron chi connectivity index (χ4n) is 3.81. The van der Waals surface area contributed by atoms with Crippen molar-refractivity contribution in [1.29, 1.82) is 0 Å². The molecular formula is C23H25Cl2N5O2. The maximum atomic E-state index is 12.3. The lowest BCUT2D eigenvalue weighted by Crippen LogP contribution is -2.44. The maximum absolute atomic E-state index is 12.3. The van der Waals surface area contributed by atoms with Crippen LogP contribution >= 0.6 is 23.2 Å². The molecule has 0 radical (unpaired) electrons. The lowest BCUT2D eigenvalue weighted by Gasteiger charge is -2.32. The Balaban J connectivity index is 1.15. The van der Waals surface area contributed by atoms with Crippen molar-refractivity contribution in [2.75, 3.05) is 13.1 Å². The Kier molecular flexibility index (Phi) is 7.73. The summed E-state index contributed by atoms with van der Waals surface area (Å²) < 4.78 is 5.29. The first-order chi connectivity index (χ1) is 15.6. The number of likely N-dealkylation sites (tertiary alicyclic amines) is 1. The number of benzene rings is 1. The zero-order valence-corrected chi connectivity index (χ0v) is 19.1. The predicted octanol–water partition coefficient (Wildman–Crippen LogP) is 4.54. The molecule has 1 N–H and O–H groups in total. The van der Waals surface area contributed by atoms with E-state index in [4.69, 9.17) is 27.7 Å². The van der Waals surface area contributed by atoms with Gasteiger partial charge in [-0.15, -0.1) is 0 Å². The summed E-state index contributed by atoms with van der Waals surface area (Å²) >= 11 is 12.1. The molecule has 1 aromatic carbocycles. The Morgan fingerprint density at radius 3 is 2.66 bits per heavy atom. The number of nitrogens with one attached hydrogen (secondary N) is 1. The Morgan fingerprint density at radius 1 is 1.12 bits per heavy atom. The lowest BCUT2D eigenvalue weighted by molar-refractivity contribution is -0.122. The highest BCUT2D eigenvalue weighted by Gasteiger charge is 2.21. The van der Waals surface area contributed by atoms with Crippen molar-refractivity contribution in [3.05, 3.63) is 64.2 Å². The average molecular weight is 474 g/mol. The minimum Gasteiger partial charge on any atom is -0.353 e. The molecule has 4 rings (SSSR count). The number of rotatable bonds is 8. The highest BCUT2D eigenvalue weighted by Crippen LogP contribution is 2.24. The first kappa shape index (κ1) is 22.7. The van der Waals surface area contributed by atoms with Crippen LogP contribution < -0.4 is 5.32 Å². The first-order valence-corrected chi connectivity index (χ1v) is 11.5. The molecule has 0 aliphatic carbocycles. The molecule has 9 heteroatoms. The SMILES string of the molecule is O=C(CCCc1nc(-c2ccncc2)no1)NC1CCN(Cc2ccc(Cl)c(Cl)c2)CC1. The molecule has 1 aliphatic heterocycles. The smallest absolute Gasteiger partial charge is 0.226 e. The minimum absolute atomic E-state index is 0.0711. The van der Waals surface area contributed by atoms with Gasteiger partial charge in [0.25, 0.3) is 0 Å². The van der Waals surface area contributed by atoms with E-state index in [-0.39, 0.29) is 11.9 Å². The van der Waals surface area contributed by atoms with Gasteiger partial charge in [0.1, 0.15) is 0 Å². The van der Waals surface area contributed by atoms with E-state index in [9.17, 15) is 4.79 Å². The third-order valence-electron chi connectivity index (χ3n) is 5.54. The monoisotopic (exact) mass is 473 g/mol. The molecule has 3 aromatic rings. The molecule has 0 atom stereocenters. The molecule has 1 saturated heterocycles. The fraction of sp³-hybridized carbons (Fsp3) is 0.391. The molecule has 32 heavy (non-hydrogen) atoms. The van der Waals surface area contributed by atoms with Crippen molar-refractivity contribution >= 4 is 29.1 Å². The maximum Gasteiger partial charge on any atom is 0.226 e. The van der Waals surface area contributed by atoms with Crippen LogP contribution in [0.1, 0.15) is 37.1 Å². The summed E-state index contributed by atoms with van der Waals surface area (Å²) in [4.78, 5) is 23.1. The van der Waals surface area contributed by atoms with Crippen LogP contribution in [0.3, 0.4) is 0 Å². The van der Waals surface area contributed by atoms with E-state index in [0.29, 0.717) is 41.0 Å². The van der Waals surface area contributed by atoms with Gasteiger partial charge in [-0.1, -0.05) is 34.4 Å². The minimum atomic E-state index is 0.0711. The van der Waals surface area contributed by atoms with Gasteiger partial charge in [-0.25, -0.2) is 0 Å². The second-order valence-electron chi connectivity index (χ2n) is 7.97. The predicted molar refractivity (Wildman–Crippen MR) is 123 cm³/mol. The van der Waals surface area contributed by atoms with E-state index in [0.717, 1.165) is 43.6 Å². The molecule has 0 bridgehead atoms. The Hall–Kier alpha value is -2.48. The van der Waals surface area contributed by atoms with Crippen LogP contribution in [0.2, 0.25) is 10.0 Å². The summed E-state index contributed by atoms with van der Waals surface area (Å²) in [6.45, 7) is 2.71. The van der Waals surface area contributed by atoms with Gasteiger partial charge in [0.05, 0.1) is 10.0 Å². The van der Waals surface area contributed by atoms with Crippen molar-refractivity contribution in [2.45, 2.75) is 44.7 Å². The second kappa shape index (κ2) is 10.9. The van der Waals surface area contributed by atoms with Gasteiger partial charge in [-0.05, 0) is 49.1 Å². The van der Waals surface area contributed by atoms with Crippen LogP contribution in [0, 0.1) is 0 Å². The lowest BCUT2D eigenvalue weighted by atomic mass is 10.0. The zero-order chi connectivity index (χ0) is 22.3. The molecule has 3 heterocycles. The van der Waals surface area contributed by atoms with E-state index in [2.05, 4.69) is 25.3 Å². The topological polar surface area (TPSA) is 84.1 Å². The number of aryl methyl sites for hydroxylation is 1. The average Bonchev–Trinajstić information content (AvgIpc) is 3.27. The number of nitrogens with zero attached hydrogens (tertiary/aromatic N) is 4. The molecule has 1 amide bonds. The number of hydrogen-bond donors (Lipinski definition) is 1. The molecule has 7 nitrogen and oxygen atoms in total. The van der Waals surface area contributed by atoms with Gasteiger partial charge < -0.3 is 9.84 Å². The van der Waals surface area contributed by atoms with Gasteiger partial charge in [-0.3, -0.25) is 14.7 Å². The third kappa shape index (κ3) is 6.28. The number of amides is 1. The van der Waals surface area contributed by atoms with Crippen LogP contribution in [0.25, 0.3) is 11.4 Å². The van der Waals surface area contributed by atoms with E-state index in [1.807, 2.05) is 30.3 Å². The summed E-state index contributed by atoms with van der Waals surface area (Å²) in [5.74, 6) is 1.15. The van der Waals surface area contributed by atoms with Crippen molar-refractivity contribution in [3.8, 4) is 11.4 Å². The number of pyridine rings is 1. The van der Waals surface area contributed by atoms with Crippen LogP contribution in [0.15, 0.2) is 47.2 Å². The Morgan fingerprint density at radius 2 is 1.91 bits per heavy atom. The van der Waals surface area contributed by atoms with E-state index in [1.54, 1.807) is 12.4 Å². The van der Waals surface area contributed by atoms with Crippen LogP contribution in [-0.2, 0) is 17.8 Å². The molecular weight excluding hydrogens is 449 g/mol. The van der Waals surface area contributed by atoms with Crippen LogP contribution in [0.4, 0.5) is 0 Å². The number of carbonyl (C=O) groups is 1. The third-order valence-corrected chi connectivity index (χ3v) is 6.28. The number of hydrogen-bond acceptors (Lipinski definition) is 6. The Bertz CT molecular complexity index is 1040. The highest BCUT2D eigenvalue weighted by atomic mass is 35.5. The van der Waals surface area contributed by atoms with Gasteiger partial charge >= 0.3 is 0 Å². The molecule has 0 unspecified atom stereocenters. The summed E-state index contributed by atoms with van der Waals surface area (Å²) in [6.07, 6.45) is 6.93. The van der Waals surface area contributed by atoms with Crippen molar-refractivity contribution in [1.82, 2.24) is 25.3 Å². The van der Waals surface area contributed by atoms with E-state index >= 15 is 0 Å².